The van der Waals surface area contributed by atoms with Crippen LogP contribution in [0, 0.1) is 47.3 Å². The highest BCUT2D eigenvalue weighted by atomic mass is 16.4. The molecule has 42 heteroatoms. The average Bonchev–Trinajstić information content (AvgIpc) is 0.922. The van der Waals surface area contributed by atoms with Gasteiger partial charge in [-0.15, -0.1) is 0 Å². The van der Waals surface area contributed by atoms with Crippen LogP contribution in [0.5, 0.6) is 0 Å². The van der Waals surface area contributed by atoms with Crippen LogP contribution in [0.1, 0.15) is 225 Å². The maximum atomic E-state index is 14.9. The maximum absolute atomic E-state index is 14.9. The molecule has 42 nitrogen and oxygen atoms in total. The van der Waals surface area contributed by atoms with E-state index < -0.39 is 253 Å². The van der Waals surface area contributed by atoms with Crippen LogP contribution in [0.25, 0.3) is 0 Å². The molecule has 0 unspecified atom stereocenters. The highest BCUT2D eigenvalue weighted by Gasteiger charge is 2.41. The molecular weight excluding hydrogens is 1660 g/mol. The van der Waals surface area contributed by atoms with E-state index in [0.717, 1.165) is 0 Å². The number of rotatable bonds is 61. The van der Waals surface area contributed by atoms with Crippen LogP contribution in [0.15, 0.2) is 47.8 Å². The second-order valence-electron chi connectivity index (χ2n) is 34.6. The van der Waals surface area contributed by atoms with E-state index in [9.17, 15) is 96.5 Å². The van der Waals surface area contributed by atoms with Gasteiger partial charge in [0.2, 0.25) is 94.5 Å². The van der Waals surface area contributed by atoms with E-state index in [1.165, 1.54) is 19.4 Å². The van der Waals surface area contributed by atoms with Crippen molar-refractivity contribution in [2.24, 2.45) is 81.0 Å². The number of hydrogen-bond donors (Lipinski definition) is 22. The lowest BCUT2D eigenvalue weighted by Gasteiger charge is -2.31. The minimum absolute atomic E-state index is 0.0270. The Kier molecular flexibility index (Phi) is 50.0. The van der Waals surface area contributed by atoms with Crippen LogP contribution in [-0.2, 0) is 99.1 Å². The number of nitrogens with zero attached hydrogens (tertiary/aromatic N) is 2. The molecule has 16 amide bonds. The topological polar surface area (TPSA) is 687 Å². The number of aliphatic carboxylic acids is 2. The predicted molar refractivity (Wildman–Crippen MR) is 475 cm³/mol. The van der Waals surface area contributed by atoms with Crippen molar-refractivity contribution < 1.29 is 96.5 Å². The highest BCUT2D eigenvalue weighted by molar-refractivity contribution is 6.01. The fourth-order valence-electron chi connectivity index (χ4n) is 13.3. The third-order valence-electron chi connectivity index (χ3n) is 22.0. The van der Waals surface area contributed by atoms with Gasteiger partial charge in [0, 0.05) is 50.5 Å². The second kappa shape index (κ2) is 57.0. The van der Waals surface area contributed by atoms with Crippen molar-refractivity contribution in [3.63, 3.8) is 0 Å². The number of aliphatic imine (C=N–C) groups is 1. The van der Waals surface area contributed by atoms with Gasteiger partial charge in [-0.1, -0.05) is 167 Å². The fraction of sp³-hybridized carbons (Fsp3) is 0.674. The van der Waals surface area contributed by atoms with Gasteiger partial charge in [0.15, 0.2) is 5.96 Å². The Morgan fingerprint density at radius 1 is 0.375 bits per heavy atom. The van der Waals surface area contributed by atoms with E-state index >= 15 is 0 Å². The van der Waals surface area contributed by atoms with Crippen molar-refractivity contribution >= 4 is 112 Å². The molecule has 718 valence electrons. The van der Waals surface area contributed by atoms with Crippen molar-refractivity contribution in [3.8, 4) is 0 Å². The monoisotopic (exact) mass is 1810 g/mol. The Morgan fingerprint density at radius 2 is 0.695 bits per heavy atom. The summed E-state index contributed by atoms with van der Waals surface area (Å²) in [6.07, 6.45) is 0.359. The number of hydrogen-bond acceptors (Lipinski definition) is 21. The standard InChI is InChI=1S/C86H144N22O20/c1-18-47(13)67(106-75(117)54(28-25-35-93-86(90)91)99-81(123)69(49(15)20-3)108-84(126)70(50(16)21-4)105-71(113)51(17)95-72(114)57(31-34-65(111)112)98-80(122)66(89)46(11)12)82(124)103-60(38-45(9)10)76(118)97-55(29-32-63(87)109)73(115)96-56(30-33-64(88)110)74(116)100-58(36-43(5)6)77(119)101-59(37-44(7)8)78(120)102-61(39-52-26-23-22-24-27-52)79(121)107-68(48(14)19-2)83(125)104-62(85(127)128)40-53-41-92-42-94-53/h22-24,26-27,41-51,54-62,66-70H,18-21,25,28-40,89H2,1-17H3,(H2,87,109)(H2,88,110)(H,92,94)(H,95,114)(H,96,115)(H,97,118)(H,98,122)(H,99,123)(H,100,116)(H,101,119)(H,102,120)(H,103,124)(H,104,125)(H,105,113)(H,106,117)(H,107,121)(H,108,126)(H,111,112)(H,127,128)(H4,90,91,93)/t47-,48-,49-,50-,51-,54-,55-,56-,57-,58-,59-,60-,61-,62-,66-,67-,68-,69-,70-/m0/s1. The molecule has 0 aliphatic rings. The number of nitrogens with one attached hydrogen (secondary N) is 15. The van der Waals surface area contributed by atoms with Crippen LogP contribution in [0.3, 0.4) is 0 Å². The third kappa shape index (κ3) is 40.8. The van der Waals surface area contributed by atoms with Gasteiger partial charge < -0.3 is 118 Å². The van der Waals surface area contributed by atoms with Gasteiger partial charge in [0.05, 0.1) is 12.4 Å². The van der Waals surface area contributed by atoms with Gasteiger partial charge in [-0.3, -0.25) is 86.5 Å². The summed E-state index contributed by atoms with van der Waals surface area (Å²) in [6.45, 7) is 28.6. The van der Waals surface area contributed by atoms with Gasteiger partial charge in [0.1, 0.15) is 84.6 Å². The SMILES string of the molecule is CC[C@H](C)[C@H](NC(=O)[C@H](C)NC(=O)[C@H](CCC(=O)O)NC(=O)[C@@H](N)C(C)C)C(=O)N[C@H](C(=O)N[C@@H](CCCN=C(N)N)C(=O)N[C@H](C(=O)N[C@@H](CC(C)C)C(=O)N[C@@H](CCC(N)=O)C(=O)N[C@@H](CCC(N)=O)C(=O)N[C@@H](CC(C)C)C(=O)N[C@@H](CC(C)C)C(=O)N[C@@H](Cc1ccccc1)C(=O)N[C@H](C(=O)N[C@@H](Cc1cnc[nH]1)C(=O)O)[C@@H](C)CC)[C@@H](C)CC)[C@@H](C)CC. The number of benzene rings is 1. The van der Waals surface area contributed by atoms with Gasteiger partial charge >= 0.3 is 11.9 Å². The summed E-state index contributed by atoms with van der Waals surface area (Å²) in [6, 6.07) is -12.9. The van der Waals surface area contributed by atoms with Crippen molar-refractivity contribution in [2.45, 2.75) is 317 Å². The van der Waals surface area contributed by atoms with Crippen LogP contribution >= 0.6 is 0 Å². The number of carboxylic acids is 2. The highest BCUT2D eigenvalue weighted by Crippen LogP contribution is 2.20. The van der Waals surface area contributed by atoms with Crippen molar-refractivity contribution in [1.29, 1.82) is 0 Å². The van der Waals surface area contributed by atoms with Crippen molar-refractivity contribution in [3.05, 3.63) is 54.1 Å². The number of aromatic amines is 1. The van der Waals surface area contributed by atoms with E-state index in [2.05, 4.69) is 89.4 Å². The number of guanidine groups is 1. The van der Waals surface area contributed by atoms with Gasteiger partial charge in [-0.25, -0.2) is 9.78 Å². The zero-order chi connectivity index (χ0) is 97.1. The first-order valence-corrected chi connectivity index (χ1v) is 44.1. The zero-order valence-corrected chi connectivity index (χ0v) is 77.1. The molecule has 0 fully saturated rings. The van der Waals surface area contributed by atoms with E-state index in [1.54, 1.807) is 141 Å². The Labute approximate surface area is 749 Å². The number of amides is 16. The first-order valence-electron chi connectivity index (χ1n) is 44.1. The first kappa shape index (κ1) is 112. The average molecular weight is 1810 g/mol. The Balaban J connectivity index is 2.61. The Bertz CT molecular complexity index is 4030. The summed E-state index contributed by atoms with van der Waals surface area (Å²) in [4.78, 5) is 261. The number of nitrogens with two attached hydrogens (primary N) is 5. The van der Waals surface area contributed by atoms with Gasteiger partial charge in [0.25, 0.3) is 0 Å². The normalized spacial score (nSPS) is 15.8. The zero-order valence-electron chi connectivity index (χ0n) is 77.1. The van der Waals surface area contributed by atoms with Crippen LogP contribution in [-0.4, -0.2) is 230 Å². The maximum Gasteiger partial charge on any atom is 0.326 e. The van der Waals surface area contributed by atoms with Gasteiger partial charge in [-0.2, -0.15) is 0 Å². The van der Waals surface area contributed by atoms with Gasteiger partial charge in [-0.05, 0) is 111 Å². The molecule has 27 N–H and O–H groups in total. The molecule has 0 aliphatic heterocycles. The molecule has 1 aromatic heterocycles. The fourth-order valence-corrected chi connectivity index (χ4v) is 13.3. The van der Waals surface area contributed by atoms with E-state index in [4.69, 9.17) is 28.7 Å². The number of aromatic nitrogens is 2. The molecule has 128 heavy (non-hydrogen) atoms. The summed E-state index contributed by atoms with van der Waals surface area (Å²) in [5, 5.41) is 56.4. The minimum Gasteiger partial charge on any atom is -0.481 e. The summed E-state index contributed by atoms with van der Waals surface area (Å²) in [7, 11) is 0. The number of carbonyl (C=O) groups is 18. The quantitative estimate of drug-likeness (QED) is 0.0211. The summed E-state index contributed by atoms with van der Waals surface area (Å²) in [5.41, 5.74) is 29.4. The second-order valence-corrected chi connectivity index (χ2v) is 34.6. The number of H-pyrrole nitrogens is 1. The van der Waals surface area contributed by atoms with Crippen LogP contribution < -0.4 is 103 Å². The number of carboxylic acid groups (broad SMARTS) is 2. The molecular formula is C86H144N22O20. The molecule has 0 radical (unpaired) electrons. The lowest BCUT2D eigenvalue weighted by molar-refractivity contribution is -0.142. The molecule has 0 aliphatic carbocycles. The lowest BCUT2D eigenvalue weighted by Crippen LogP contribution is -2.62. The number of carbonyl (C=O) groups excluding carboxylic acids is 16. The van der Waals surface area contributed by atoms with E-state index in [-0.39, 0.29) is 100 Å². The Morgan fingerprint density at radius 3 is 1.06 bits per heavy atom. The number of primary amides is 2. The summed E-state index contributed by atoms with van der Waals surface area (Å²) >= 11 is 0. The minimum atomic E-state index is -1.72. The first-order chi connectivity index (χ1) is 60.0. The molecule has 2 aromatic rings. The summed E-state index contributed by atoms with van der Waals surface area (Å²) in [5.74, 6) is -21.2. The largest absolute Gasteiger partial charge is 0.481 e. The molecule has 1 aromatic carbocycles. The Hall–Kier alpha value is -11.9. The third-order valence-corrected chi connectivity index (χ3v) is 22.0. The predicted octanol–water partition coefficient (Wildman–Crippen LogP) is -1.16. The summed E-state index contributed by atoms with van der Waals surface area (Å²) < 4.78 is 0. The van der Waals surface area contributed by atoms with Crippen molar-refractivity contribution in [2.75, 3.05) is 6.54 Å². The number of imidazole rings is 1. The molecule has 1 heterocycles. The van der Waals surface area contributed by atoms with Crippen LogP contribution in [0.4, 0.5) is 0 Å². The molecule has 0 saturated carbocycles. The van der Waals surface area contributed by atoms with E-state index in [1.807, 2.05) is 0 Å². The smallest absolute Gasteiger partial charge is 0.326 e. The molecule has 0 bridgehead atoms. The lowest BCUT2D eigenvalue weighted by atomic mass is 9.94. The van der Waals surface area contributed by atoms with E-state index in [0.29, 0.717) is 24.1 Å². The molecule has 19 atom stereocenters. The van der Waals surface area contributed by atoms with Crippen molar-refractivity contribution in [1.82, 2.24) is 84.4 Å². The molecule has 2 rings (SSSR count). The van der Waals surface area contributed by atoms with Crippen LogP contribution in [0.2, 0.25) is 0 Å². The molecule has 0 saturated heterocycles. The molecule has 0 spiro atoms.